The number of piperidine rings is 1. The van der Waals surface area contributed by atoms with Crippen molar-refractivity contribution in [2.75, 3.05) is 25.5 Å². The van der Waals surface area contributed by atoms with Crippen LogP contribution in [0, 0.1) is 12.8 Å². The third-order valence-electron chi connectivity index (χ3n) is 4.96. The first kappa shape index (κ1) is 21.9. The molecule has 3 rings (SSSR count). The van der Waals surface area contributed by atoms with Crippen molar-refractivity contribution in [3.05, 3.63) is 52.0 Å². The molecular weight excluding hydrogens is 435 g/mol. The van der Waals surface area contributed by atoms with Gasteiger partial charge in [0.2, 0.25) is 15.9 Å². The van der Waals surface area contributed by atoms with Gasteiger partial charge < -0.3 is 10.1 Å². The summed E-state index contributed by atoms with van der Waals surface area (Å²) in [6, 6.07) is 9.63. The van der Waals surface area contributed by atoms with Crippen molar-refractivity contribution in [3.8, 4) is 5.75 Å². The minimum absolute atomic E-state index is 0.0784. The van der Waals surface area contributed by atoms with E-state index in [-0.39, 0.29) is 22.4 Å². The number of methoxy groups -OCH3 is 1. The Morgan fingerprint density at radius 2 is 1.93 bits per heavy atom. The summed E-state index contributed by atoms with van der Waals surface area (Å²) in [7, 11) is -2.31. The second-order valence-corrected chi connectivity index (χ2v) is 9.70. The highest BCUT2D eigenvalue weighted by molar-refractivity contribution is 7.89. The number of nitrogens with one attached hydrogen (secondary N) is 1. The van der Waals surface area contributed by atoms with Crippen LogP contribution in [-0.4, -0.2) is 38.8 Å². The quantitative estimate of drug-likeness (QED) is 0.725. The van der Waals surface area contributed by atoms with Crippen molar-refractivity contribution in [1.82, 2.24) is 4.31 Å². The lowest BCUT2D eigenvalue weighted by Gasteiger charge is -2.31. The zero-order chi connectivity index (χ0) is 21.2. The SMILES string of the molecule is COc1ccc(S(=O)(=O)N2CCC[C@H](C(=O)Nc3ccc(C)c(Cl)c3)C2)cc1Cl. The van der Waals surface area contributed by atoms with Crippen LogP contribution < -0.4 is 10.1 Å². The lowest BCUT2D eigenvalue weighted by Crippen LogP contribution is -2.43. The minimum atomic E-state index is -3.77. The maximum Gasteiger partial charge on any atom is 0.243 e. The molecule has 1 amide bonds. The first-order chi connectivity index (χ1) is 13.7. The third-order valence-corrected chi connectivity index (χ3v) is 7.52. The van der Waals surface area contributed by atoms with Crippen molar-refractivity contribution < 1.29 is 17.9 Å². The molecule has 1 fully saturated rings. The molecule has 1 heterocycles. The van der Waals surface area contributed by atoms with Gasteiger partial charge in [0.1, 0.15) is 5.75 Å². The average molecular weight is 457 g/mol. The monoisotopic (exact) mass is 456 g/mol. The summed E-state index contributed by atoms with van der Waals surface area (Å²) in [5, 5.41) is 3.61. The van der Waals surface area contributed by atoms with Gasteiger partial charge in [0, 0.05) is 23.8 Å². The molecule has 0 aliphatic carbocycles. The highest BCUT2D eigenvalue weighted by Crippen LogP contribution is 2.30. The lowest BCUT2D eigenvalue weighted by molar-refractivity contribution is -0.120. The number of nitrogens with zero attached hydrogens (tertiary/aromatic N) is 1. The number of hydrogen-bond donors (Lipinski definition) is 1. The second-order valence-electron chi connectivity index (χ2n) is 6.95. The predicted molar refractivity (Wildman–Crippen MR) is 114 cm³/mol. The van der Waals surface area contributed by atoms with Crippen LogP contribution in [-0.2, 0) is 14.8 Å². The lowest BCUT2D eigenvalue weighted by atomic mass is 9.98. The summed E-state index contributed by atoms with van der Waals surface area (Å²) in [6.07, 6.45) is 1.21. The van der Waals surface area contributed by atoms with Crippen LogP contribution in [0.5, 0.6) is 5.75 Å². The smallest absolute Gasteiger partial charge is 0.243 e. The summed E-state index contributed by atoms with van der Waals surface area (Å²) in [5.41, 5.74) is 1.50. The van der Waals surface area contributed by atoms with Gasteiger partial charge in [-0.15, -0.1) is 0 Å². The number of carbonyl (C=O) groups is 1. The van der Waals surface area contributed by atoms with Gasteiger partial charge in [-0.2, -0.15) is 4.31 Å². The zero-order valence-electron chi connectivity index (χ0n) is 16.1. The Morgan fingerprint density at radius 3 is 2.59 bits per heavy atom. The summed E-state index contributed by atoms with van der Waals surface area (Å²) < 4.78 is 32.5. The standard InChI is InChI=1S/C20H22Cl2N2O4S/c1-13-5-6-15(10-17(13)21)23-20(25)14-4-3-9-24(12-14)29(26,27)16-7-8-19(28-2)18(22)11-16/h5-8,10-11,14H,3-4,9,12H2,1-2H3,(H,23,25)/t14-/m0/s1. The number of hydrogen-bond acceptors (Lipinski definition) is 4. The molecule has 6 nitrogen and oxygen atoms in total. The van der Waals surface area contributed by atoms with E-state index in [1.807, 2.05) is 13.0 Å². The molecular formula is C20H22Cl2N2O4S. The fourth-order valence-electron chi connectivity index (χ4n) is 3.25. The van der Waals surface area contributed by atoms with Gasteiger partial charge in [-0.25, -0.2) is 8.42 Å². The number of rotatable bonds is 5. The van der Waals surface area contributed by atoms with Gasteiger partial charge in [0.05, 0.1) is 22.9 Å². The molecule has 0 bridgehead atoms. The topological polar surface area (TPSA) is 75.7 Å². The molecule has 1 aliphatic heterocycles. The van der Waals surface area contributed by atoms with Crippen LogP contribution in [0.1, 0.15) is 18.4 Å². The Hall–Kier alpha value is -1.80. The van der Waals surface area contributed by atoms with Crippen LogP contribution in [0.4, 0.5) is 5.69 Å². The molecule has 2 aromatic carbocycles. The first-order valence-corrected chi connectivity index (χ1v) is 11.3. The van der Waals surface area contributed by atoms with Crippen molar-refractivity contribution in [3.63, 3.8) is 0 Å². The van der Waals surface area contributed by atoms with E-state index in [1.54, 1.807) is 12.1 Å². The van der Waals surface area contributed by atoms with Gasteiger partial charge >= 0.3 is 0 Å². The van der Waals surface area contributed by atoms with Gasteiger partial charge in [-0.05, 0) is 55.7 Å². The summed E-state index contributed by atoms with van der Waals surface area (Å²) in [4.78, 5) is 12.8. The summed E-state index contributed by atoms with van der Waals surface area (Å²) in [5.74, 6) is -0.275. The average Bonchev–Trinajstić information content (AvgIpc) is 2.70. The molecule has 1 aliphatic rings. The number of carbonyl (C=O) groups excluding carboxylic acids is 1. The number of anilines is 1. The molecule has 156 valence electrons. The second kappa shape index (κ2) is 8.92. The highest BCUT2D eigenvalue weighted by Gasteiger charge is 2.33. The maximum absolute atomic E-state index is 13.0. The van der Waals surface area contributed by atoms with E-state index in [2.05, 4.69) is 5.32 Å². The van der Waals surface area contributed by atoms with Crippen LogP contribution in [0.3, 0.4) is 0 Å². The van der Waals surface area contributed by atoms with Gasteiger partial charge in [-0.3, -0.25) is 4.79 Å². The van der Waals surface area contributed by atoms with Crippen LogP contribution >= 0.6 is 23.2 Å². The van der Waals surface area contributed by atoms with Crippen LogP contribution in [0.25, 0.3) is 0 Å². The first-order valence-electron chi connectivity index (χ1n) is 9.13. The number of benzene rings is 2. The number of sulfonamides is 1. The van der Waals surface area contributed by atoms with E-state index < -0.39 is 15.9 Å². The summed E-state index contributed by atoms with van der Waals surface area (Å²) in [6.45, 7) is 2.34. The highest BCUT2D eigenvalue weighted by atomic mass is 35.5. The van der Waals surface area contributed by atoms with E-state index in [0.29, 0.717) is 35.8 Å². The molecule has 0 spiro atoms. The maximum atomic E-state index is 13.0. The van der Waals surface area contributed by atoms with Crippen LogP contribution in [0.15, 0.2) is 41.3 Å². The van der Waals surface area contributed by atoms with Gasteiger partial charge in [-0.1, -0.05) is 29.3 Å². The van der Waals surface area contributed by atoms with Crippen LogP contribution in [0.2, 0.25) is 10.0 Å². The fraction of sp³-hybridized carbons (Fsp3) is 0.350. The molecule has 2 aromatic rings. The van der Waals surface area contributed by atoms with E-state index >= 15 is 0 Å². The molecule has 9 heteroatoms. The Morgan fingerprint density at radius 1 is 1.17 bits per heavy atom. The number of halogens is 2. The Labute approximate surface area is 180 Å². The van der Waals surface area contributed by atoms with E-state index in [0.717, 1.165) is 5.56 Å². The molecule has 29 heavy (non-hydrogen) atoms. The fourth-order valence-corrected chi connectivity index (χ4v) is 5.30. The molecule has 0 unspecified atom stereocenters. The van der Waals surface area contributed by atoms with Gasteiger partial charge in [0.15, 0.2) is 0 Å². The van der Waals surface area contributed by atoms with E-state index in [1.165, 1.54) is 29.6 Å². The minimum Gasteiger partial charge on any atom is -0.495 e. The molecule has 1 saturated heterocycles. The van der Waals surface area contributed by atoms with Gasteiger partial charge in [0.25, 0.3) is 0 Å². The Bertz CT molecular complexity index is 1030. The van der Waals surface area contributed by atoms with Crippen molar-refractivity contribution in [2.24, 2.45) is 5.92 Å². The Balaban J connectivity index is 1.74. The molecule has 0 saturated carbocycles. The zero-order valence-corrected chi connectivity index (χ0v) is 18.4. The number of aryl methyl sites for hydroxylation is 1. The van der Waals surface area contributed by atoms with E-state index in [9.17, 15) is 13.2 Å². The Kier molecular flexibility index (Phi) is 6.73. The summed E-state index contributed by atoms with van der Waals surface area (Å²) >= 11 is 12.2. The molecule has 0 aromatic heterocycles. The number of amides is 1. The van der Waals surface area contributed by atoms with Crippen molar-refractivity contribution >= 4 is 44.8 Å². The predicted octanol–water partition coefficient (Wildman–Crippen LogP) is 4.35. The molecule has 1 N–H and O–H groups in total. The largest absolute Gasteiger partial charge is 0.495 e. The van der Waals surface area contributed by atoms with Crippen molar-refractivity contribution in [2.45, 2.75) is 24.7 Å². The molecule has 1 atom stereocenters. The third kappa shape index (κ3) is 4.86. The van der Waals surface area contributed by atoms with E-state index in [4.69, 9.17) is 27.9 Å². The normalized spacial score (nSPS) is 17.7. The number of ether oxygens (including phenoxy) is 1. The molecule has 0 radical (unpaired) electrons. The van der Waals surface area contributed by atoms with Crippen molar-refractivity contribution in [1.29, 1.82) is 0 Å².